The minimum atomic E-state index is -0.193. The largest absolute Gasteiger partial charge is 0.376 e. The smallest absolute Gasteiger partial charge is 0.243 e. The third kappa shape index (κ3) is 7.49. The molecule has 0 heterocycles. The molecule has 0 bridgehead atoms. The maximum atomic E-state index is 12.1. The Labute approximate surface area is 164 Å². The summed E-state index contributed by atoms with van der Waals surface area (Å²) in [6.45, 7) is 5.53. The molecule has 0 aromatic heterocycles. The Kier molecular flexibility index (Phi) is 7.56. The van der Waals surface area contributed by atoms with Crippen LogP contribution < -0.4 is 21.3 Å². The van der Waals surface area contributed by atoms with Gasteiger partial charge in [-0.2, -0.15) is 0 Å². The molecule has 0 spiro atoms. The lowest BCUT2D eigenvalue weighted by molar-refractivity contribution is -0.117. The van der Waals surface area contributed by atoms with Gasteiger partial charge in [0.2, 0.25) is 17.7 Å². The maximum absolute atomic E-state index is 12.1. The van der Waals surface area contributed by atoms with Gasteiger partial charge < -0.3 is 21.3 Å². The molecule has 2 aromatic carbocycles. The third-order valence-corrected chi connectivity index (χ3v) is 3.70. The Morgan fingerprint density at radius 3 is 1.61 bits per heavy atom. The van der Waals surface area contributed by atoms with Gasteiger partial charge in [-0.15, -0.1) is 0 Å². The maximum Gasteiger partial charge on any atom is 0.243 e. The molecule has 3 amide bonds. The van der Waals surface area contributed by atoms with Gasteiger partial charge in [0.1, 0.15) is 0 Å². The Morgan fingerprint density at radius 2 is 1.14 bits per heavy atom. The van der Waals surface area contributed by atoms with Crippen molar-refractivity contribution in [1.29, 1.82) is 0 Å². The molecule has 0 aliphatic rings. The fourth-order valence-corrected chi connectivity index (χ4v) is 2.48. The van der Waals surface area contributed by atoms with Crippen molar-refractivity contribution < 1.29 is 14.4 Å². The van der Waals surface area contributed by atoms with Crippen molar-refractivity contribution in [3.8, 4) is 0 Å². The minimum Gasteiger partial charge on any atom is -0.376 e. The molecule has 7 nitrogen and oxygen atoms in total. The summed E-state index contributed by atoms with van der Waals surface area (Å²) in [5.41, 5.74) is 2.81. The summed E-state index contributed by atoms with van der Waals surface area (Å²) >= 11 is 0. The summed E-state index contributed by atoms with van der Waals surface area (Å²) < 4.78 is 0. The van der Waals surface area contributed by atoms with Crippen LogP contribution in [-0.4, -0.2) is 24.3 Å². The number of amides is 3. The topological polar surface area (TPSA) is 99.3 Å². The molecule has 2 aromatic rings. The van der Waals surface area contributed by atoms with Crippen molar-refractivity contribution in [1.82, 2.24) is 0 Å². The molecule has 0 saturated heterocycles. The van der Waals surface area contributed by atoms with Crippen LogP contribution in [0.15, 0.2) is 48.5 Å². The standard InChI is InChI=1S/C21H26N4O3/c1-14(2)12-20(27)24-18-6-4-16(5-7-18)22-13-21(28)25-19-10-8-17(9-11-19)23-15(3)26/h4-11,14,22H,12-13H2,1-3H3,(H,23,26)(H,24,27)(H,25,28). The molecule has 0 unspecified atom stereocenters. The van der Waals surface area contributed by atoms with Crippen molar-refractivity contribution >= 4 is 40.5 Å². The second-order valence-corrected chi connectivity index (χ2v) is 6.88. The Morgan fingerprint density at radius 1 is 0.714 bits per heavy atom. The van der Waals surface area contributed by atoms with Crippen LogP contribution in [0.3, 0.4) is 0 Å². The van der Waals surface area contributed by atoms with Gasteiger partial charge in [0.25, 0.3) is 0 Å². The van der Waals surface area contributed by atoms with Gasteiger partial charge in [-0.1, -0.05) is 13.8 Å². The number of carbonyl (C=O) groups is 3. The van der Waals surface area contributed by atoms with Crippen LogP contribution in [0.25, 0.3) is 0 Å². The molecule has 4 N–H and O–H groups in total. The molecule has 28 heavy (non-hydrogen) atoms. The number of carbonyl (C=O) groups excluding carboxylic acids is 3. The fraction of sp³-hybridized carbons (Fsp3) is 0.286. The molecule has 0 atom stereocenters. The molecule has 0 radical (unpaired) electrons. The first-order chi connectivity index (χ1) is 13.3. The van der Waals surface area contributed by atoms with E-state index in [2.05, 4.69) is 21.3 Å². The Balaban J connectivity index is 1.79. The highest BCUT2D eigenvalue weighted by Gasteiger charge is 2.06. The predicted octanol–water partition coefficient (Wildman–Crippen LogP) is 3.68. The average Bonchev–Trinajstić information content (AvgIpc) is 2.61. The number of hydrogen-bond donors (Lipinski definition) is 4. The van der Waals surface area contributed by atoms with E-state index in [4.69, 9.17) is 0 Å². The SMILES string of the molecule is CC(=O)Nc1ccc(NC(=O)CNc2ccc(NC(=O)CC(C)C)cc2)cc1. The van der Waals surface area contributed by atoms with E-state index in [-0.39, 0.29) is 24.3 Å². The highest BCUT2D eigenvalue weighted by molar-refractivity contribution is 5.94. The van der Waals surface area contributed by atoms with E-state index >= 15 is 0 Å². The zero-order valence-corrected chi connectivity index (χ0v) is 16.3. The summed E-state index contributed by atoms with van der Waals surface area (Å²) in [6.07, 6.45) is 0.478. The van der Waals surface area contributed by atoms with Crippen molar-refractivity contribution in [3.05, 3.63) is 48.5 Å². The van der Waals surface area contributed by atoms with Crippen LogP contribution in [0.4, 0.5) is 22.7 Å². The number of anilines is 4. The lowest BCUT2D eigenvalue weighted by Gasteiger charge is -2.10. The van der Waals surface area contributed by atoms with Crippen molar-refractivity contribution in [2.75, 3.05) is 27.8 Å². The summed E-state index contributed by atoms with van der Waals surface area (Å²) in [6, 6.07) is 14.1. The van der Waals surface area contributed by atoms with E-state index in [1.165, 1.54) is 6.92 Å². The third-order valence-electron chi connectivity index (χ3n) is 3.70. The molecule has 0 aliphatic heterocycles. The lowest BCUT2D eigenvalue weighted by atomic mass is 10.1. The number of nitrogens with one attached hydrogen (secondary N) is 4. The molecule has 7 heteroatoms. The number of benzene rings is 2. The minimum absolute atomic E-state index is 0.0143. The van der Waals surface area contributed by atoms with Gasteiger partial charge in [-0.3, -0.25) is 14.4 Å². The van der Waals surface area contributed by atoms with Gasteiger partial charge in [0.15, 0.2) is 0 Å². The molecular weight excluding hydrogens is 356 g/mol. The van der Waals surface area contributed by atoms with Gasteiger partial charge in [-0.25, -0.2) is 0 Å². The van der Waals surface area contributed by atoms with Gasteiger partial charge in [0, 0.05) is 36.1 Å². The average molecular weight is 382 g/mol. The molecule has 0 saturated carbocycles. The molecule has 148 valence electrons. The van der Waals surface area contributed by atoms with Crippen LogP contribution in [0.2, 0.25) is 0 Å². The first-order valence-corrected chi connectivity index (χ1v) is 9.13. The van der Waals surface area contributed by atoms with E-state index < -0.39 is 0 Å². The Hall–Kier alpha value is -3.35. The summed E-state index contributed by atoms with van der Waals surface area (Å²) in [5.74, 6) is -0.0475. The number of hydrogen-bond acceptors (Lipinski definition) is 4. The molecule has 0 aliphatic carbocycles. The van der Waals surface area contributed by atoms with Crippen LogP contribution in [0, 0.1) is 5.92 Å². The highest BCUT2D eigenvalue weighted by atomic mass is 16.2. The quantitative estimate of drug-likeness (QED) is 0.560. The normalized spacial score (nSPS) is 10.3. The summed E-state index contributed by atoms with van der Waals surface area (Å²) in [5, 5.41) is 11.3. The summed E-state index contributed by atoms with van der Waals surface area (Å²) in [7, 11) is 0. The second-order valence-electron chi connectivity index (χ2n) is 6.88. The highest BCUT2D eigenvalue weighted by Crippen LogP contribution is 2.15. The van der Waals surface area contributed by atoms with Crippen molar-refractivity contribution in [3.63, 3.8) is 0 Å². The fourth-order valence-electron chi connectivity index (χ4n) is 2.48. The van der Waals surface area contributed by atoms with Crippen LogP contribution in [0.1, 0.15) is 27.2 Å². The van der Waals surface area contributed by atoms with Crippen LogP contribution in [0.5, 0.6) is 0 Å². The van der Waals surface area contributed by atoms with Gasteiger partial charge in [0.05, 0.1) is 6.54 Å². The first-order valence-electron chi connectivity index (χ1n) is 9.13. The van der Waals surface area contributed by atoms with Gasteiger partial charge in [-0.05, 0) is 54.4 Å². The molecule has 0 fully saturated rings. The summed E-state index contributed by atoms with van der Waals surface area (Å²) in [4.78, 5) is 34.8. The molecule has 2 rings (SSSR count). The van der Waals surface area contributed by atoms with Crippen molar-refractivity contribution in [2.24, 2.45) is 5.92 Å². The zero-order valence-electron chi connectivity index (χ0n) is 16.3. The predicted molar refractivity (Wildman–Crippen MR) is 112 cm³/mol. The number of rotatable bonds is 8. The van der Waals surface area contributed by atoms with E-state index in [1.54, 1.807) is 48.5 Å². The Bertz CT molecular complexity index is 815. The van der Waals surface area contributed by atoms with E-state index in [1.807, 2.05) is 13.8 Å². The van der Waals surface area contributed by atoms with E-state index in [0.717, 1.165) is 11.4 Å². The van der Waals surface area contributed by atoms with Crippen molar-refractivity contribution in [2.45, 2.75) is 27.2 Å². The van der Waals surface area contributed by atoms with Crippen LogP contribution in [-0.2, 0) is 14.4 Å². The lowest BCUT2D eigenvalue weighted by Crippen LogP contribution is -2.21. The molecular formula is C21H26N4O3. The monoisotopic (exact) mass is 382 g/mol. The first kappa shape index (κ1) is 21.0. The second kappa shape index (κ2) is 10.1. The van der Waals surface area contributed by atoms with Crippen LogP contribution >= 0.6 is 0 Å². The van der Waals surface area contributed by atoms with Gasteiger partial charge >= 0.3 is 0 Å². The zero-order chi connectivity index (χ0) is 20.5. The van der Waals surface area contributed by atoms with E-state index in [0.29, 0.717) is 23.7 Å². The van der Waals surface area contributed by atoms with E-state index in [9.17, 15) is 14.4 Å².